The summed E-state index contributed by atoms with van der Waals surface area (Å²) < 4.78 is 9.82. The molecule has 21 heavy (non-hydrogen) atoms. The van der Waals surface area contributed by atoms with Gasteiger partial charge >= 0.3 is 5.97 Å². The van der Waals surface area contributed by atoms with Crippen molar-refractivity contribution in [1.82, 2.24) is 0 Å². The molecule has 1 atom stereocenters. The lowest BCUT2D eigenvalue weighted by Gasteiger charge is -2.12. The van der Waals surface area contributed by atoms with Gasteiger partial charge in [0, 0.05) is 18.2 Å². The predicted molar refractivity (Wildman–Crippen MR) is 81.3 cm³/mol. The van der Waals surface area contributed by atoms with E-state index >= 15 is 0 Å². The average molecular weight is 283 g/mol. The first-order chi connectivity index (χ1) is 10.3. The third kappa shape index (κ3) is 3.77. The number of hydrogen-bond donors (Lipinski definition) is 0. The Balaban J connectivity index is 2.48. The number of methoxy groups -OCH3 is 2. The molecule has 2 aromatic rings. The van der Waals surface area contributed by atoms with Gasteiger partial charge in [0.1, 0.15) is 0 Å². The molecule has 0 fully saturated rings. The molecule has 0 aliphatic carbocycles. The van der Waals surface area contributed by atoms with E-state index in [4.69, 9.17) is 9.47 Å². The Bertz CT molecular complexity index is 567. The highest BCUT2D eigenvalue weighted by atomic mass is 16.6. The van der Waals surface area contributed by atoms with E-state index in [0.29, 0.717) is 5.71 Å². The smallest absolute Gasteiger partial charge is 0.358 e. The predicted octanol–water partition coefficient (Wildman–Crippen LogP) is 2.67. The van der Waals surface area contributed by atoms with Gasteiger partial charge in [0.2, 0.25) is 6.23 Å². The van der Waals surface area contributed by atoms with Gasteiger partial charge in [-0.1, -0.05) is 60.7 Å². The second-order valence-electron chi connectivity index (χ2n) is 4.32. The molecule has 0 aliphatic rings. The van der Waals surface area contributed by atoms with E-state index in [-0.39, 0.29) is 0 Å². The Labute approximate surface area is 124 Å². The van der Waals surface area contributed by atoms with Gasteiger partial charge in [-0.3, -0.25) is 0 Å². The van der Waals surface area contributed by atoms with Crippen molar-refractivity contribution in [3.63, 3.8) is 0 Å². The summed E-state index contributed by atoms with van der Waals surface area (Å²) in [5.74, 6) is -0.526. The number of carbonyl (C=O) groups excluding carboxylic acids is 1. The molecule has 108 valence electrons. The van der Waals surface area contributed by atoms with E-state index in [2.05, 4.69) is 4.99 Å². The van der Waals surface area contributed by atoms with Crippen molar-refractivity contribution in [1.29, 1.82) is 0 Å². The summed E-state index contributed by atoms with van der Waals surface area (Å²) in [5, 5.41) is 0. The first kappa shape index (κ1) is 14.9. The fraction of sp³-hybridized carbons (Fsp3) is 0.176. The van der Waals surface area contributed by atoms with Crippen molar-refractivity contribution in [2.45, 2.75) is 6.23 Å². The van der Waals surface area contributed by atoms with Crippen LogP contribution in [0, 0.1) is 0 Å². The Morgan fingerprint density at radius 2 is 1.38 bits per heavy atom. The number of benzene rings is 2. The summed E-state index contributed by atoms with van der Waals surface area (Å²) >= 11 is 0. The van der Waals surface area contributed by atoms with Crippen molar-refractivity contribution < 1.29 is 14.3 Å². The SMILES string of the molecule is COC(=O)C(N=C(c1ccccc1)c1ccccc1)OC. The molecule has 0 saturated carbocycles. The van der Waals surface area contributed by atoms with Gasteiger partial charge in [0.25, 0.3) is 0 Å². The minimum Gasteiger partial charge on any atom is -0.466 e. The molecule has 0 amide bonds. The summed E-state index contributed by atoms with van der Waals surface area (Å²) in [6, 6.07) is 19.3. The maximum absolute atomic E-state index is 11.7. The van der Waals surface area contributed by atoms with Crippen LogP contribution in [0.1, 0.15) is 11.1 Å². The van der Waals surface area contributed by atoms with E-state index in [1.807, 2.05) is 60.7 Å². The molecule has 0 saturated heterocycles. The zero-order valence-corrected chi connectivity index (χ0v) is 12.0. The highest BCUT2D eigenvalue weighted by molar-refractivity contribution is 6.13. The van der Waals surface area contributed by atoms with Gasteiger partial charge in [0.05, 0.1) is 12.8 Å². The van der Waals surface area contributed by atoms with E-state index in [9.17, 15) is 4.79 Å². The fourth-order valence-corrected chi connectivity index (χ4v) is 1.93. The molecule has 0 spiro atoms. The lowest BCUT2D eigenvalue weighted by molar-refractivity contribution is -0.151. The maximum atomic E-state index is 11.7. The average Bonchev–Trinajstić information content (AvgIpc) is 2.57. The number of hydrogen-bond acceptors (Lipinski definition) is 4. The second-order valence-corrected chi connectivity index (χ2v) is 4.32. The van der Waals surface area contributed by atoms with Crippen molar-refractivity contribution >= 4 is 11.7 Å². The maximum Gasteiger partial charge on any atom is 0.358 e. The van der Waals surface area contributed by atoms with Crippen LogP contribution in [-0.2, 0) is 14.3 Å². The second kappa shape index (κ2) is 7.36. The Hall–Kier alpha value is -2.46. The highest BCUT2D eigenvalue weighted by Gasteiger charge is 2.19. The third-order valence-electron chi connectivity index (χ3n) is 2.97. The molecule has 2 aromatic carbocycles. The molecular formula is C17H17NO3. The summed E-state index contributed by atoms with van der Waals surface area (Å²) in [6.07, 6.45) is -0.981. The van der Waals surface area contributed by atoms with E-state index in [1.54, 1.807) is 0 Å². The van der Waals surface area contributed by atoms with Crippen molar-refractivity contribution in [3.05, 3.63) is 71.8 Å². The van der Waals surface area contributed by atoms with Crippen molar-refractivity contribution in [3.8, 4) is 0 Å². The number of nitrogens with zero attached hydrogens (tertiary/aromatic N) is 1. The third-order valence-corrected chi connectivity index (χ3v) is 2.97. The van der Waals surface area contributed by atoms with Gasteiger partial charge in [-0.05, 0) is 0 Å². The number of ether oxygens (including phenoxy) is 2. The molecule has 2 rings (SSSR count). The van der Waals surface area contributed by atoms with Gasteiger partial charge in [-0.15, -0.1) is 0 Å². The van der Waals surface area contributed by atoms with Gasteiger partial charge in [0.15, 0.2) is 0 Å². The summed E-state index contributed by atoms with van der Waals surface area (Å²) in [4.78, 5) is 16.1. The molecule has 4 nitrogen and oxygen atoms in total. The molecule has 4 heteroatoms. The summed E-state index contributed by atoms with van der Waals surface area (Å²) in [6.45, 7) is 0. The Kier molecular flexibility index (Phi) is 5.23. The number of esters is 1. The fourth-order valence-electron chi connectivity index (χ4n) is 1.93. The zero-order chi connectivity index (χ0) is 15.1. The normalized spacial score (nSPS) is 11.5. The number of rotatable bonds is 5. The topological polar surface area (TPSA) is 47.9 Å². The van der Waals surface area contributed by atoms with Crippen LogP contribution in [0.4, 0.5) is 0 Å². The van der Waals surface area contributed by atoms with Crippen molar-refractivity contribution in [2.75, 3.05) is 14.2 Å². The minimum absolute atomic E-state index is 0.526. The lowest BCUT2D eigenvalue weighted by Crippen LogP contribution is -2.24. The first-order valence-corrected chi connectivity index (χ1v) is 6.55. The summed E-state index contributed by atoms with van der Waals surface area (Å²) in [5.41, 5.74) is 2.51. The molecule has 0 bridgehead atoms. The summed E-state index contributed by atoms with van der Waals surface area (Å²) in [7, 11) is 2.74. The van der Waals surface area contributed by atoms with Crippen molar-refractivity contribution in [2.24, 2.45) is 4.99 Å². The Morgan fingerprint density at radius 3 is 1.76 bits per heavy atom. The standard InChI is InChI=1S/C17H17NO3/c1-20-16(17(19)21-2)18-15(13-9-5-3-6-10-13)14-11-7-4-8-12-14/h3-12,16H,1-2H3. The quantitative estimate of drug-likeness (QED) is 0.626. The minimum atomic E-state index is -0.981. The monoisotopic (exact) mass is 283 g/mol. The van der Waals surface area contributed by atoms with Crippen LogP contribution in [0.15, 0.2) is 65.7 Å². The molecule has 0 aromatic heterocycles. The van der Waals surface area contributed by atoms with Gasteiger partial charge in [-0.25, -0.2) is 9.79 Å². The van der Waals surface area contributed by atoms with Crippen LogP contribution in [0.5, 0.6) is 0 Å². The first-order valence-electron chi connectivity index (χ1n) is 6.55. The van der Waals surface area contributed by atoms with E-state index in [0.717, 1.165) is 11.1 Å². The molecule has 1 unspecified atom stereocenters. The molecule has 0 aliphatic heterocycles. The van der Waals surface area contributed by atoms with Crippen LogP contribution >= 0.6 is 0 Å². The highest BCUT2D eigenvalue weighted by Crippen LogP contribution is 2.13. The van der Waals surface area contributed by atoms with Crippen LogP contribution in [-0.4, -0.2) is 32.1 Å². The van der Waals surface area contributed by atoms with E-state index < -0.39 is 12.2 Å². The van der Waals surface area contributed by atoms with Gasteiger partial charge in [-0.2, -0.15) is 0 Å². The Morgan fingerprint density at radius 1 is 0.905 bits per heavy atom. The van der Waals surface area contributed by atoms with Crippen LogP contribution in [0.3, 0.4) is 0 Å². The molecule has 0 heterocycles. The largest absolute Gasteiger partial charge is 0.466 e. The lowest BCUT2D eigenvalue weighted by atomic mass is 10.0. The zero-order valence-electron chi connectivity index (χ0n) is 12.0. The molecule has 0 N–H and O–H groups in total. The van der Waals surface area contributed by atoms with Crippen LogP contribution in [0.2, 0.25) is 0 Å². The van der Waals surface area contributed by atoms with E-state index in [1.165, 1.54) is 14.2 Å². The van der Waals surface area contributed by atoms with Crippen LogP contribution < -0.4 is 0 Å². The van der Waals surface area contributed by atoms with Crippen LogP contribution in [0.25, 0.3) is 0 Å². The number of aliphatic imine (C=N–C) groups is 1. The molecule has 0 radical (unpaired) electrons. The van der Waals surface area contributed by atoms with Gasteiger partial charge < -0.3 is 9.47 Å². The number of carbonyl (C=O) groups is 1. The molecular weight excluding hydrogens is 266 g/mol.